The molecule has 5 rings (SSSR count). The minimum absolute atomic E-state index is 0.0319. The molecule has 0 amide bonds. The first-order valence-corrected chi connectivity index (χ1v) is 10.8. The van der Waals surface area contributed by atoms with Crippen molar-refractivity contribution >= 4 is 39.4 Å². The lowest BCUT2D eigenvalue weighted by Crippen LogP contribution is -2.33. The van der Waals surface area contributed by atoms with E-state index in [4.69, 9.17) is 11.6 Å². The van der Waals surface area contributed by atoms with Crippen molar-refractivity contribution in [1.29, 1.82) is 0 Å². The van der Waals surface area contributed by atoms with E-state index in [2.05, 4.69) is 35.3 Å². The van der Waals surface area contributed by atoms with Gasteiger partial charge in [0.15, 0.2) is 5.82 Å². The van der Waals surface area contributed by atoms with Crippen LogP contribution < -0.4 is 10.9 Å². The number of alkyl halides is 3. The van der Waals surface area contributed by atoms with E-state index in [1.54, 1.807) is 29.2 Å². The molecule has 0 aliphatic carbocycles. The summed E-state index contributed by atoms with van der Waals surface area (Å²) >= 11 is 6.03. The average Bonchev–Trinajstić information content (AvgIpc) is 3.35. The largest absolute Gasteiger partial charge is 0.408 e. The van der Waals surface area contributed by atoms with Crippen LogP contribution in [0.1, 0.15) is 12.6 Å². The number of fused-ring (bicyclic) bond motifs is 2. The van der Waals surface area contributed by atoms with Gasteiger partial charge in [0.2, 0.25) is 0 Å². The molecule has 0 spiro atoms. The summed E-state index contributed by atoms with van der Waals surface area (Å²) < 4.78 is 41.0. The van der Waals surface area contributed by atoms with E-state index >= 15 is 0 Å². The lowest BCUT2D eigenvalue weighted by Gasteiger charge is -2.17. The number of imidazole rings is 1. The minimum Gasteiger partial charge on any atom is -0.357 e. The van der Waals surface area contributed by atoms with Crippen molar-refractivity contribution in [3.8, 4) is 22.6 Å². The fraction of sp³-hybridized carbons (Fsp3) is 0.227. The lowest BCUT2D eigenvalue weighted by molar-refractivity contribution is -0.138. The van der Waals surface area contributed by atoms with E-state index < -0.39 is 17.8 Å². The zero-order valence-electron chi connectivity index (χ0n) is 18.6. The second kappa shape index (κ2) is 8.08. The number of H-pyrrole nitrogens is 2. The predicted molar refractivity (Wildman–Crippen MR) is 126 cm³/mol. The quantitative estimate of drug-likeness (QED) is 0.309. The number of anilines is 1. The van der Waals surface area contributed by atoms with Gasteiger partial charge in [-0.05, 0) is 26.0 Å². The normalized spacial score (nSPS) is 13.0. The Bertz CT molecular complexity index is 1650. The zero-order chi connectivity index (χ0) is 25.1. The Hall–Kier alpha value is -3.93. The summed E-state index contributed by atoms with van der Waals surface area (Å²) in [6.45, 7) is 2.87. The van der Waals surface area contributed by atoms with Crippen LogP contribution in [0.3, 0.4) is 0 Å². The molecule has 0 bridgehead atoms. The van der Waals surface area contributed by atoms with Crippen molar-refractivity contribution in [2.75, 3.05) is 5.32 Å². The Morgan fingerprint density at radius 2 is 1.91 bits per heavy atom. The second-order valence-corrected chi connectivity index (χ2v) is 8.47. The average molecular weight is 503 g/mol. The summed E-state index contributed by atoms with van der Waals surface area (Å²) in [5.74, 6) is -0.00183. The number of rotatable bonds is 4. The molecule has 180 valence electrons. The third kappa shape index (κ3) is 3.99. The number of hydrogen-bond acceptors (Lipinski definition) is 6. The van der Waals surface area contributed by atoms with Gasteiger partial charge in [-0.25, -0.2) is 9.97 Å². The summed E-state index contributed by atoms with van der Waals surface area (Å²) in [7, 11) is 1.82. The molecule has 5 heterocycles. The van der Waals surface area contributed by atoms with Crippen molar-refractivity contribution in [2.45, 2.75) is 26.1 Å². The van der Waals surface area contributed by atoms with E-state index in [-0.39, 0.29) is 27.9 Å². The van der Waals surface area contributed by atoms with Crippen LogP contribution in [0.5, 0.6) is 0 Å². The molecule has 0 radical (unpaired) electrons. The number of pyridine rings is 3. The first kappa shape index (κ1) is 22.8. The Kier molecular flexibility index (Phi) is 5.28. The van der Waals surface area contributed by atoms with E-state index in [1.807, 2.05) is 14.0 Å². The first-order valence-electron chi connectivity index (χ1n) is 10.4. The van der Waals surface area contributed by atoms with E-state index in [0.717, 1.165) is 18.2 Å². The topological polar surface area (TPSA) is 117 Å². The van der Waals surface area contributed by atoms with Crippen LogP contribution in [0.15, 0.2) is 35.4 Å². The fourth-order valence-corrected chi connectivity index (χ4v) is 3.94. The molecule has 5 aromatic rings. The predicted octanol–water partition coefficient (Wildman–Crippen LogP) is 4.59. The number of halogens is 4. The summed E-state index contributed by atoms with van der Waals surface area (Å²) in [6.07, 6.45) is -1.22. The molecule has 1 atom stereocenters. The Morgan fingerprint density at radius 1 is 1.14 bits per heavy atom. The Labute approximate surface area is 200 Å². The molecule has 9 nitrogen and oxygen atoms in total. The van der Waals surface area contributed by atoms with Gasteiger partial charge in [-0.3, -0.25) is 14.5 Å². The third-order valence-corrected chi connectivity index (χ3v) is 5.99. The molecule has 0 saturated heterocycles. The minimum atomic E-state index is -4.50. The Balaban J connectivity index is 1.68. The van der Waals surface area contributed by atoms with Crippen molar-refractivity contribution in [2.24, 2.45) is 7.05 Å². The molecule has 13 heteroatoms. The van der Waals surface area contributed by atoms with Crippen LogP contribution in [0, 0.1) is 6.92 Å². The van der Waals surface area contributed by atoms with Crippen LogP contribution in [0.2, 0.25) is 5.15 Å². The van der Waals surface area contributed by atoms with Crippen LogP contribution in [0.25, 0.3) is 44.6 Å². The molecular formula is C22H18ClF3N8O. The first-order chi connectivity index (χ1) is 16.5. The van der Waals surface area contributed by atoms with Crippen molar-refractivity contribution < 1.29 is 13.2 Å². The van der Waals surface area contributed by atoms with Gasteiger partial charge in [-0.2, -0.15) is 18.3 Å². The van der Waals surface area contributed by atoms with Crippen molar-refractivity contribution in [1.82, 2.24) is 34.7 Å². The maximum Gasteiger partial charge on any atom is 0.408 e. The molecule has 0 aliphatic heterocycles. The van der Waals surface area contributed by atoms with Crippen LogP contribution in [0.4, 0.5) is 19.0 Å². The standard InChI is InChI=1S/C22H18ClF3N8O/c1-9-13(8-28-34(9)3)17-11-6-12(21(35)31-14(11)4-5-27-17)19-30-15-7-16(23)32-20(18(15)33-19)29-10(2)22(24,25)26/h4-8,10H,1-3H3,(H,29,32)(H,30,33)(H,31,35)/t10-/m1/s1. The van der Waals surface area contributed by atoms with Crippen LogP contribution >= 0.6 is 11.6 Å². The number of aromatic amines is 2. The molecule has 5 aromatic heterocycles. The molecule has 0 saturated carbocycles. The monoisotopic (exact) mass is 502 g/mol. The maximum atomic E-state index is 13.1. The van der Waals surface area contributed by atoms with Gasteiger partial charge < -0.3 is 15.3 Å². The molecule has 0 unspecified atom stereocenters. The lowest BCUT2D eigenvalue weighted by atomic mass is 10.1. The third-order valence-electron chi connectivity index (χ3n) is 5.80. The summed E-state index contributed by atoms with van der Waals surface area (Å²) in [6, 6.07) is 2.86. The number of aryl methyl sites for hydroxylation is 1. The van der Waals surface area contributed by atoms with E-state index in [9.17, 15) is 18.0 Å². The van der Waals surface area contributed by atoms with Gasteiger partial charge in [0, 0.05) is 36.0 Å². The number of nitrogens with zero attached hydrogens (tertiary/aromatic N) is 5. The second-order valence-electron chi connectivity index (χ2n) is 8.08. The summed E-state index contributed by atoms with van der Waals surface area (Å²) in [4.78, 5) is 31.6. The van der Waals surface area contributed by atoms with Crippen LogP contribution in [-0.2, 0) is 7.05 Å². The highest BCUT2D eigenvalue weighted by Crippen LogP contribution is 2.32. The SMILES string of the molecule is Cc1c(-c2nccc3[nH]c(=O)c(-c4nc5c(N[C@H](C)C(F)(F)F)nc(Cl)cc5[nH]4)cc23)cnn1C. The van der Waals surface area contributed by atoms with Gasteiger partial charge >= 0.3 is 6.18 Å². The highest BCUT2D eigenvalue weighted by molar-refractivity contribution is 6.30. The smallest absolute Gasteiger partial charge is 0.357 e. The van der Waals surface area contributed by atoms with Gasteiger partial charge in [0.1, 0.15) is 22.5 Å². The van der Waals surface area contributed by atoms with Gasteiger partial charge in [0.25, 0.3) is 5.56 Å². The molecule has 3 N–H and O–H groups in total. The zero-order valence-corrected chi connectivity index (χ0v) is 19.4. The number of hydrogen-bond donors (Lipinski definition) is 3. The molecule has 35 heavy (non-hydrogen) atoms. The van der Waals surface area contributed by atoms with Gasteiger partial charge in [0.05, 0.1) is 28.5 Å². The molecule has 0 aromatic carbocycles. The van der Waals surface area contributed by atoms with Gasteiger partial charge in [-0.1, -0.05) is 11.6 Å². The number of aromatic nitrogens is 7. The number of nitrogens with one attached hydrogen (secondary N) is 3. The van der Waals surface area contributed by atoms with Crippen molar-refractivity contribution in [3.63, 3.8) is 0 Å². The highest BCUT2D eigenvalue weighted by Gasteiger charge is 2.36. The van der Waals surface area contributed by atoms with Crippen molar-refractivity contribution in [3.05, 3.63) is 51.8 Å². The molecule has 0 fully saturated rings. The van der Waals surface area contributed by atoms with E-state index in [0.29, 0.717) is 22.1 Å². The molecule has 0 aliphatic rings. The highest BCUT2D eigenvalue weighted by atomic mass is 35.5. The maximum absolute atomic E-state index is 13.1. The van der Waals surface area contributed by atoms with Crippen LogP contribution in [-0.4, -0.2) is 46.9 Å². The Morgan fingerprint density at radius 3 is 2.60 bits per heavy atom. The molecular weight excluding hydrogens is 485 g/mol. The fourth-order valence-electron chi connectivity index (χ4n) is 3.75. The summed E-state index contributed by atoms with van der Waals surface area (Å²) in [5.41, 5.74) is 3.05. The van der Waals surface area contributed by atoms with E-state index in [1.165, 1.54) is 6.07 Å². The van der Waals surface area contributed by atoms with Gasteiger partial charge in [-0.15, -0.1) is 0 Å². The summed E-state index contributed by atoms with van der Waals surface area (Å²) in [5, 5.41) is 7.19.